The number of carbonyl (C=O) groups excluding carboxylic acids is 4. The fraction of sp³-hybridized carbons (Fsp3) is 0.500. The second kappa shape index (κ2) is 23.2. The van der Waals surface area contributed by atoms with Crippen LogP contribution in [-0.4, -0.2) is 49.4 Å². The number of carbonyl (C=O) groups is 4. The highest BCUT2D eigenvalue weighted by Gasteiger charge is 2.40. The van der Waals surface area contributed by atoms with Crippen LogP contribution in [0.5, 0.6) is 0 Å². The summed E-state index contributed by atoms with van der Waals surface area (Å²) >= 11 is 0. The van der Waals surface area contributed by atoms with Crippen LogP contribution in [0.3, 0.4) is 0 Å². The van der Waals surface area contributed by atoms with Crippen molar-refractivity contribution in [2.75, 3.05) is 13.7 Å². The normalized spacial score (nSPS) is 23.0. The lowest BCUT2D eigenvalue weighted by Gasteiger charge is -2.36. The van der Waals surface area contributed by atoms with E-state index < -0.39 is 23.5 Å². The Morgan fingerprint density at radius 3 is 1.53 bits per heavy atom. The predicted octanol–water partition coefficient (Wildman–Crippen LogP) is 12.0. The molecule has 2 atom stereocenters. The number of allylic oxidation sites excluding steroid dienone is 20. The highest BCUT2D eigenvalue weighted by molar-refractivity contribution is 6.02. The van der Waals surface area contributed by atoms with Crippen LogP contribution in [0, 0.1) is 16.7 Å². The van der Waals surface area contributed by atoms with E-state index in [0.29, 0.717) is 30.9 Å². The van der Waals surface area contributed by atoms with Crippen LogP contribution in [0.15, 0.2) is 130 Å². The van der Waals surface area contributed by atoms with Crippen molar-refractivity contribution in [2.45, 2.75) is 139 Å². The summed E-state index contributed by atoms with van der Waals surface area (Å²) < 4.78 is 16.4. The molecule has 7 heteroatoms. The monoisotopic (exact) mass is 807 g/mol. The standard InChI is InChI=1S/C52H70O7/c1-36(21-17-23-38(3)27-29-43-40(5)49(55)45(57-11)33-51(43,7)8)19-15-16-20-37(2)22-18-24-39(4)28-30-44-41(6)50(56)46(34-52(44,9)10)59-48(54)32-31-47(53)58-35-42-25-13-12-14-26-42/h15-24,27-30,42,45-46H,12-14,25-26,31-35H2,1-11H3/b16-15+,21-17+,22-18+,29-27+,30-28+,36-19+,37-20+,38-23+,39-24+. The van der Waals surface area contributed by atoms with Gasteiger partial charge in [-0.3, -0.25) is 19.2 Å². The Balaban J connectivity index is 1.49. The van der Waals surface area contributed by atoms with Crippen LogP contribution < -0.4 is 0 Å². The summed E-state index contributed by atoms with van der Waals surface area (Å²) in [5.41, 5.74) is 7.17. The second-order valence-corrected chi connectivity index (χ2v) is 17.8. The molecule has 3 rings (SSSR count). The fourth-order valence-electron chi connectivity index (χ4n) is 7.91. The summed E-state index contributed by atoms with van der Waals surface area (Å²) in [6, 6.07) is 0. The molecule has 320 valence electrons. The largest absolute Gasteiger partial charge is 0.465 e. The van der Waals surface area contributed by atoms with Crippen LogP contribution in [0.25, 0.3) is 0 Å². The minimum atomic E-state index is -0.866. The summed E-state index contributed by atoms with van der Waals surface area (Å²) in [6.07, 6.45) is 34.0. The number of hydrogen-bond acceptors (Lipinski definition) is 7. The molecule has 0 bridgehead atoms. The summed E-state index contributed by atoms with van der Waals surface area (Å²) in [7, 11) is 1.60. The second-order valence-electron chi connectivity index (χ2n) is 17.8. The molecule has 0 heterocycles. The van der Waals surface area contributed by atoms with E-state index in [9.17, 15) is 19.2 Å². The average molecular weight is 807 g/mol. The molecule has 7 nitrogen and oxygen atoms in total. The lowest BCUT2D eigenvalue weighted by Crippen LogP contribution is -2.39. The van der Waals surface area contributed by atoms with Crippen LogP contribution >= 0.6 is 0 Å². The van der Waals surface area contributed by atoms with E-state index in [-0.39, 0.29) is 35.9 Å². The van der Waals surface area contributed by atoms with Crippen LogP contribution in [0.4, 0.5) is 0 Å². The third-order valence-electron chi connectivity index (χ3n) is 11.6. The quantitative estimate of drug-likeness (QED) is 0.107. The van der Waals surface area contributed by atoms with Crippen LogP contribution in [-0.2, 0) is 33.4 Å². The van der Waals surface area contributed by atoms with Crippen molar-refractivity contribution in [3.05, 3.63) is 130 Å². The van der Waals surface area contributed by atoms with Gasteiger partial charge in [0.25, 0.3) is 0 Å². The molecule has 0 aliphatic heterocycles. The van der Waals surface area contributed by atoms with Gasteiger partial charge in [-0.15, -0.1) is 0 Å². The number of ketones is 2. The van der Waals surface area contributed by atoms with Crippen molar-refractivity contribution in [3.8, 4) is 0 Å². The third kappa shape index (κ3) is 15.8. The first-order valence-corrected chi connectivity index (χ1v) is 21.3. The maximum atomic E-state index is 13.3. The van der Waals surface area contributed by atoms with Gasteiger partial charge < -0.3 is 14.2 Å². The Hall–Kier alpha value is -4.62. The molecule has 0 saturated heterocycles. The Morgan fingerprint density at radius 1 is 0.610 bits per heavy atom. The van der Waals surface area contributed by atoms with Crippen LogP contribution in [0.2, 0.25) is 0 Å². The molecule has 0 amide bonds. The number of hydrogen-bond donors (Lipinski definition) is 0. The van der Waals surface area contributed by atoms with Gasteiger partial charge in [-0.05, 0) is 99.8 Å². The molecule has 0 aromatic rings. The number of Topliss-reactive ketones (excluding diaryl/α,β-unsaturated/α-hetero) is 2. The smallest absolute Gasteiger partial charge is 0.307 e. The van der Waals surface area contributed by atoms with E-state index in [4.69, 9.17) is 14.2 Å². The molecule has 3 aliphatic carbocycles. The Kier molecular flexibility index (Phi) is 19.2. The lowest BCUT2D eigenvalue weighted by atomic mass is 9.71. The molecule has 0 N–H and O–H groups in total. The van der Waals surface area contributed by atoms with Gasteiger partial charge in [-0.2, -0.15) is 0 Å². The molecule has 2 unspecified atom stereocenters. The fourth-order valence-corrected chi connectivity index (χ4v) is 7.91. The molecular weight excluding hydrogens is 737 g/mol. The molecule has 0 aromatic carbocycles. The number of esters is 2. The van der Waals surface area contributed by atoms with Gasteiger partial charge in [-0.1, -0.05) is 154 Å². The molecule has 59 heavy (non-hydrogen) atoms. The number of rotatable bonds is 17. The Labute approximate surface area is 355 Å². The maximum Gasteiger partial charge on any atom is 0.307 e. The zero-order chi connectivity index (χ0) is 43.8. The van der Waals surface area contributed by atoms with Gasteiger partial charge in [0.2, 0.25) is 0 Å². The van der Waals surface area contributed by atoms with Crippen molar-refractivity contribution in [3.63, 3.8) is 0 Å². The first kappa shape index (κ1) is 48.7. The first-order valence-electron chi connectivity index (χ1n) is 21.3. The summed E-state index contributed by atoms with van der Waals surface area (Å²) in [4.78, 5) is 50.8. The van der Waals surface area contributed by atoms with E-state index in [2.05, 4.69) is 78.0 Å². The first-order chi connectivity index (χ1) is 27.8. The van der Waals surface area contributed by atoms with E-state index in [0.717, 1.165) is 51.9 Å². The van der Waals surface area contributed by atoms with Gasteiger partial charge in [0.1, 0.15) is 6.10 Å². The Bertz CT molecular complexity index is 1890. The topological polar surface area (TPSA) is 96.0 Å². The molecule has 1 fully saturated rings. The van der Waals surface area contributed by atoms with Crippen molar-refractivity contribution < 1.29 is 33.4 Å². The van der Waals surface area contributed by atoms with Gasteiger partial charge >= 0.3 is 11.9 Å². The van der Waals surface area contributed by atoms with Gasteiger partial charge in [-0.25, -0.2) is 0 Å². The lowest BCUT2D eigenvalue weighted by molar-refractivity contribution is -0.158. The minimum absolute atomic E-state index is 0.0424. The summed E-state index contributed by atoms with van der Waals surface area (Å²) in [5.74, 6) is -0.650. The van der Waals surface area contributed by atoms with E-state index >= 15 is 0 Å². The third-order valence-corrected chi connectivity index (χ3v) is 11.6. The molecule has 0 spiro atoms. The summed E-state index contributed by atoms with van der Waals surface area (Å²) in [5, 5.41) is 0. The van der Waals surface area contributed by atoms with Gasteiger partial charge in [0.05, 0.1) is 19.4 Å². The molecule has 0 radical (unpaired) electrons. The van der Waals surface area contributed by atoms with Crippen molar-refractivity contribution in [1.29, 1.82) is 0 Å². The molecule has 3 aliphatic rings. The average Bonchev–Trinajstić information content (AvgIpc) is 3.18. The van der Waals surface area contributed by atoms with Crippen molar-refractivity contribution >= 4 is 23.5 Å². The number of methoxy groups -OCH3 is 1. The highest BCUT2D eigenvalue weighted by atomic mass is 16.5. The van der Waals surface area contributed by atoms with E-state index in [1.54, 1.807) is 14.0 Å². The number of ether oxygens (including phenoxy) is 3. The SMILES string of the molecule is COC1CC(C)(C)C(/C=C/C(C)=C/C=C/C(C)=C/C=C/C=C(C)/C=C/C=C(C)/C=C/C2=C(C)C(=O)C(OC(=O)CCC(=O)OCC3CCCCC3)CC2(C)C)=C(C)C1=O. The van der Waals surface area contributed by atoms with Gasteiger partial charge in [0, 0.05) is 13.5 Å². The van der Waals surface area contributed by atoms with E-state index in [1.807, 2.05) is 69.4 Å². The molecule has 0 aromatic heterocycles. The maximum absolute atomic E-state index is 13.3. The summed E-state index contributed by atoms with van der Waals surface area (Å²) in [6.45, 7) is 20.7. The Morgan fingerprint density at radius 2 is 1.03 bits per heavy atom. The molecular formula is C52H70O7. The highest BCUT2D eigenvalue weighted by Crippen LogP contribution is 2.42. The van der Waals surface area contributed by atoms with E-state index in [1.165, 1.54) is 19.3 Å². The van der Waals surface area contributed by atoms with Crippen LogP contribution in [0.1, 0.15) is 127 Å². The van der Waals surface area contributed by atoms with Gasteiger partial charge in [0.15, 0.2) is 17.7 Å². The van der Waals surface area contributed by atoms with Crippen molar-refractivity contribution in [2.24, 2.45) is 16.7 Å². The minimum Gasteiger partial charge on any atom is -0.465 e. The van der Waals surface area contributed by atoms with Crippen molar-refractivity contribution in [1.82, 2.24) is 0 Å². The predicted molar refractivity (Wildman–Crippen MR) is 240 cm³/mol. The zero-order valence-corrected chi connectivity index (χ0v) is 37.7. The molecule has 1 saturated carbocycles. The zero-order valence-electron chi connectivity index (χ0n) is 37.7.